The van der Waals surface area contributed by atoms with E-state index in [1.165, 1.54) is 12.1 Å². The number of benzene rings is 2. The molecule has 2 rings (SSSR count). The van der Waals surface area contributed by atoms with E-state index in [1.54, 1.807) is 0 Å². The molecule has 0 aromatic heterocycles. The van der Waals surface area contributed by atoms with E-state index in [4.69, 9.17) is 11.6 Å². The lowest BCUT2D eigenvalue weighted by molar-refractivity contribution is -0.114. The number of hydrogen-bond donors (Lipinski definition) is 2. The monoisotopic (exact) mass is 306 g/mol. The standard InChI is InChI=1S/C16H16ClFN2O/c1-10-3-4-11(2)15(7-10)19-9-16(21)20-14-6-5-12(17)8-13(14)18/h3-8,19H,9H2,1-2H3,(H,20,21). The normalized spacial score (nSPS) is 10.3. The van der Waals surface area contributed by atoms with E-state index in [0.29, 0.717) is 5.02 Å². The van der Waals surface area contributed by atoms with Crippen LogP contribution in [0.4, 0.5) is 15.8 Å². The van der Waals surface area contributed by atoms with Gasteiger partial charge in [-0.1, -0.05) is 23.7 Å². The summed E-state index contributed by atoms with van der Waals surface area (Å²) >= 11 is 5.66. The smallest absolute Gasteiger partial charge is 0.243 e. The molecule has 3 nitrogen and oxygen atoms in total. The summed E-state index contributed by atoms with van der Waals surface area (Å²) < 4.78 is 13.6. The topological polar surface area (TPSA) is 41.1 Å². The second-order valence-electron chi connectivity index (χ2n) is 4.84. The summed E-state index contributed by atoms with van der Waals surface area (Å²) in [6.45, 7) is 4.00. The molecule has 21 heavy (non-hydrogen) atoms. The Labute approximate surface area is 128 Å². The van der Waals surface area contributed by atoms with Crippen LogP contribution in [0.1, 0.15) is 11.1 Å². The van der Waals surface area contributed by atoms with Gasteiger partial charge in [0.15, 0.2) is 0 Å². The molecule has 0 saturated carbocycles. The van der Waals surface area contributed by atoms with Crippen molar-refractivity contribution in [1.29, 1.82) is 0 Å². The van der Waals surface area contributed by atoms with Gasteiger partial charge in [0.05, 0.1) is 12.2 Å². The highest BCUT2D eigenvalue weighted by atomic mass is 35.5. The first-order chi connectivity index (χ1) is 9.95. The molecular formula is C16H16ClFN2O. The number of anilines is 2. The van der Waals surface area contributed by atoms with Crippen molar-refractivity contribution in [2.45, 2.75) is 13.8 Å². The van der Waals surface area contributed by atoms with E-state index < -0.39 is 5.82 Å². The van der Waals surface area contributed by atoms with E-state index in [2.05, 4.69) is 10.6 Å². The lowest BCUT2D eigenvalue weighted by Gasteiger charge is -2.11. The van der Waals surface area contributed by atoms with Crippen LogP contribution in [0.25, 0.3) is 0 Å². The van der Waals surface area contributed by atoms with Gasteiger partial charge in [0.25, 0.3) is 0 Å². The summed E-state index contributed by atoms with van der Waals surface area (Å²) in [5.74, 6) is -0.875. The number of aryl methyl sites for hydroxylation is 2. The molecule has 0 aliphatic heterocycles. The Kier molecular flexibility index (Phi) is 4.81. The third kappa shape index (κ3) is 4.20. The number of rotatable bonds is 4. The Hall–Kier alpha value is -2.07. The largest absolute Gasteiger partial charge is 0.376 e. The zero-order valence-corrected chi connectivity index (χ0v) is 12.6. The quantitative estimate of drug-likeness (QED) is 0.891. The van der Waals surface area contributed by atoms with Gasteiger partial charge >= 0.3 is 0 Å². The Morgan fingerprint density at radius 1 is 1.14 bits per heavy atom. The lowest BCUT2D eigenvalue weighted by Crippen LogP contribution is -2.22. The molecule has 0 fully saturated rings. The molecule has 1 amide bonds. The van der Waals surface area contributed by atoms with Crippen molar-refractivity contribution in [2.24, 2.45) is 0 Å². The lowest BCUT2D eigenvalue weighted by atomic mass is 10.1. The molecule has 0 saturated heterocycles. The van der Waals surface area contributed by atoms with Gasteiger partial charge in [-0.2, -0.15) is 0 Å². The zero-order valence-electron chi connectivity index (χ0n) is 11.8. The van der Waals surface area contributed by atoms with Crippen LogP contribution < -0.4 is 10.6 Å². The van der Waals surface area contributed by atoms with Gasteiger partial charge in [0.2, 0.25) is 5.91 Å². The van der Waals surface area contributed by atoms with Crippen molar-refractivity contribution in [1.82, 2.24) is 0 Å². The third-order valence-corrected chi connectivity index (χ3v) is 3.27. The first-order valence-corrected chi connectivity index (χ1v) is 6.89. The Balaban J connectivity index is 1.97. The van der Waals surface area contributed by atoms with Crippen molar-refractivity contribution in [3.8, 4) is 0 Å². The average Bonchev–Trinajstić information content (AvgIpc) is 2.43. The van der Waals surface area contributed by atoms with E-state index >= 15 is 0 Å². The van der Waals surface area contributed by atoms with Gasteiger partial charge in [0, 0.05) is 10.7 Å². The summed E-state index contributed by atoms with van der Waals surface area (Å²) in [5, 5.41) is 5.84. The van der Waals surface area contributed by atoms with Crippen molar-refractivity contribution in [2.75, 3.05) is 17.2 Å². The molecule has 2 N–H and O–H groups in total. The zero-order chi connectivity index (χ0) is 15.4. The van der Waals surface area contributed by atoms with E-state index in [1.807, 2.05) is 32.0 Å². The van der Waals surface area contributed by atoms with Gasteiger partial charge in [0.1, 0.15) is 5.82 Å². The number of hydrogen-bond acceptors (Lipinski definition) is 2. The fraction of sp³-hybridized carbons (Fsp3) is 0.188. The summed E-state index contributed by atoms with van der Waals surface area (Å²) in [7, 11) is 0. The molecule has 0 spiro atoms. The van der Waals surface area contributed by atoms with Gasteiger partial charge in [-0.05, 0) is 49.2 Å². The third-order valence-electron chi connectivity index (χ3n) is 3.04. The molecule has 0 radical (unpaired) electrons. The molecule has 0 bridgehead atoms. The second kappa shape index (κ2) is 6.59. The summed E-state index contributed by atoms with van der Waals surface area (Å²) in [6, 6.07) is 10.1. The first-order valence-electron chi connectivity index (χ1n) is 6.52. The molecule has 0 aliphatic carbocycles. The van der Waals surface area contributed by atoms with Crippen molar-refractivity contribution < 1.29 is 9.18 Å². The van der Waals surface area contributed by atoms with Gasteiger partial charge in [-0.15, -0.1) is 0 Å². The summed E-state index contributed by atoms with van der Waals surface area (Å²) in [6.07, 6.45) is 0. The molecule has 2 aromatic rings. The van der Waals surface area contributed by atoms with Crippen LogP contribution in [0.3, 0.4) is 0 Å². The average molecular weight is 307 g/mol. The van der Waals surface area contributed by atoms with Crippen LogP contribution in [0, 0.1) is 19.7 Å². The van der Waals surface area contributed by atoms with E-state index in [9.17, 15) is 9.18 Å². The van der Waals surface area contributed by atoms with Gasteiger partial charge < -0.3 is 10.6 Å². The number of carbonyl (C=O) groups excluding carboxylic acids is 1. The minimum absolute atomic E-state index is 0.0619. The number of carbonyl (C=O) groups is 1. The van der Waals surface area contributed by atoms with Crippen LogP contribution in [0.5, 0.6) is 0 Å². The minimum Gasteiger partial charge on any atom is -0.376 e. The van der Waals surface area contributed by atoms with Crippen molar-refractivity contribution in [3.63, 3.8) is 0 Å². The molecule has 2 aromatic carbocycles. The maximum atomic E-state index is 13.6. The van der Waals surface area contributed by atoms with Gasteiger partial charge in [-0.3, -0.25) is 4.79 Å². The highest BCUT2D eigenvalue weighted by Crippen LogP contribution is 2.19. The van der Waals surface area contributed by atoms with Crippen molar-refractivity contribution in [3.05, 3.63) is 58.4 Å². The number of nitrogens with one attached hydrogen (secondary N) is 2. The van der Waals surface area contributed by atoms with Crippen molar-refractivity contribution >= 4 is 28.9 Å². The molecule has 5 heteroatoms. The molecular weight excluding hydrogens is 291 g/mol. The Bertz CT molecular complexity index is 673. The first kappa shape index (κ1) is 15.3. The van der Waals surface area contributed by atoms with E-state index in [0.717, 1.165) is 22.9 Å². The predicted molar refractivity (Wildman–Crippen MR) is 84.4 cm³/mol. The molecule has 110 valence electrons. The molecule has 0 heterocycles. The molecule has 0 atom stereocenters. The SMILES string of the molecule is Cc1ccc(C)c(NCC(=O)Nc2ccc(Cl)cc2F)c1. The highest BCUT2D eigenvalue weighted by Gasteiger charge is 2.08. The van der Waals surface area contributed by atoms with Crippen LogP contribution in [0.2, 0.25) is 5.02 Å². The predicted octanol–water partition coefficient (Wildman–Crippen LogP) is 4.15. The number of halogens is 2. The van der Waals surface area contributed by atoms with Gasteiger partial charge in [-0.25, -0.2) is 4.39 Å². The minimum atomic E-state index is -0.553. The Morgan fingerprint density at radius 3 is 2.62 bits per heavy atom. The Morgan fingerprint density at radius 2 is 1.90 bits per heavy atom. The number of amides is 1. The van der Waals surface area contributed by atoms with Crippen LogP contribution in [-0.2, 0) is 4.79 Å². The maximum Gasteiger partial charge on any atom is 0.243 e. The van der Waals surface area contributed by atoms with Crippen LogP contribution >= 0.6 is 11.6 Å². The molecule has 0 unspecified atom stereocenters. The highest BCUT2D eigenvalue weighted by molar-refractivity contribution is 6.30. The maximum absolute atomic E-state index is 13.6. The summed E-state index contributed by atoms with van der Waals surface area (Å²) in [4.78, 5) is 11.8. The second-order valence-corrected chi connectivity index (χ2v) is 5.28. The molecule has 0 aliphatic rings. The fourth-order valence-electron chi connectivity index (χ4n) is 1.89. The fourth-order valence-corrected chi connectivity index (χ4v) is 2.05. The van der Waals surface area contributed by atoms with Crippen LogP contribution in [0.15, 0.2) is 36.4 Å². The van der Waals surface area contributed by atoms with E-state index in [-0.39, 0.29) is 18.1 Å². The van der Waals surface area contributed by atoms with Crippen LogP contribution in [-0.4, -0.2) is 12.5 Å². The summed E-state index contributed by atoms with van der Waals surface area (Å²) in [5.41, 5.74) is 3.16.